The average Bonchev–Trinajstić information content (AvgIpc) is 3.32. The quantitative estimate of drug-likeness (QED) is 0.514. The van der Waals surface area contributed by atoms with Crippen LogP contribution in [-0.4, -0.2) is 21.3 Å². The third-order valence-corrected chi connectivity index (χ3v) is 6.44. The normalized spacial score (nSPS) is 10.9. The van der Waals surface area contributed by atoms with Gasteiger partial charge in [0.25, 0.3) is 5.56 Å². The van der Waals surface area contributed by atoms with E-state index >= 15 is 0 Å². The molecule has 0 atom stereocenters. The summed E-state index contributed by atoms with van der Waals surface area (Å²) >= 11 is 4.41. The molecule has 0 unspecified atom stereocenters. The monoisotopic (exact) mass is 399 g/mol. The molecule has 4 rings (SSSR count). The van der Waals surface area contributed by atoms with E-state index in [9.17, 15) is 9.59 Å². The fraction of sp³-hybridized carbons (Fsp3) is 0.0556. The molecule has 0 aliphatic heterocycles. The number of carbonyl (C=O) groups is 1. The van der Waals surface area contributed by atoms with Crippen LogP contribution in [0.15, 0.2) is 69.2 Å². The number of carbonyl (C=O) groups excluding carboxylic acids is 1. The van der Waals surface area contributed by atoms with Crippen molar-refractivity contribution in [2.45, 2.75) is 4.90 Å². The Morgan fingerprint density at radius 2 is 2.00 bits per heavy atom. The van der Waals surface area contributed by atoms with E-state index in [2.05, 4.69) is 10.4 Å². The van der Waals surface area contributed by atoms with Gasteiger partial charge in [-0.1, -0.05) is 24.3 Å². The second-order valence-electron chi connectivity index (χ2n) is 5.36. The highest BCUT2D eigenvalue weighted by Gasteiger charge is 2.15. The zero-order valence-electron chi connectivity index (χ0n) is 13.4. The third-order valence-electron chi connectivity index (χ3n) is 3.64. The first-order valence-electron chi connectivity index (χ1n) is 7.73. The molecular weight excluding hydrogens is 386 g/mol. The maximum Gasteiger partial charge on any atom is 0.281 e. The molecule has 8 heteroatoms. The lowest BCUT2D eigenvalue weighted by atomic mass is 10.2. The highest BCUT2D eigenvalue weighted by Crippen LogP contribution is 2.33. The van der Waals surface area contributed by atoms with Crippen molar-refractivity contribution < 1.29 is 4.79 Å². The highest BCUT2D eigenvalue weighted by molar-refractivity contribution is 8.00. The number of nitrogens with zero attached hydrogens (tertiary/aromatic N) is 2. The van der Waals surface area contributed by atoms with Crippen LogP contribution in [0.3, 0.4) is 0 Å². The number of rotatable bonds is 5. The molecule has 1 amide bonds. The second-order valence-corrected chi connectivity index (χ2v) is 8.22. The zero-order valence-corrected chi connectivity index (χ0v) is 15.9. The predicted octanol–water partition coefficient (Wildman–Crippen LogP) is 4.05. The lowest BCUT2D eigenvalue weighted by Crippen LogP contribution is -2.34. The Morgan fingerprint density at radius 1 is 1.15 bits per heavy atom. The van der Waals surface area contributed by atoms with Gasteiger partial charge in [-0.25, -0.2) is 9.66 Å². The van der Waals surface area contributed by atoms with Gasteiger partial charge in [-0.15, -0.1) is 34.4 Å². The van der Waals surface area contributed by atoms with E-state index in [1.807, 2.05) is 53.2 Å². The molecule has 3 aromatic heterocycles. The van der Waals surface area contributed by atoms with Crippen LogP contribution in [-0.2, 0) is 4.79 Å². The van der Waals surface area contributed by atoms with Gasteiger partial charge in [-0.3, -0.25) is 15.0 Å². The van der Waals surface area contributed by atoms with E-state index in [1.54, 1.807) is 11.3 Å². The first-order valence-corrected chi connectivity index (χ1v) is 10.5. The Hall–Kier alpha value is -2.42. The Labute approximate surface area is 161 Å². The van der Waals surface area contributed by atoms with Crippen LogP contribution in [0.5, 0.6) is 0 Å². The van der Waals surface area contributed by atoms with Gasteiger partial charge in [0, 0.05) is 20.7 Å². The summed E-state index contributed by atoms with van der Waals surface area (Å²) in [5.74, 6) is -0.0365. The number of hydrogen-bond donors (Lipinski definition) is 1. The van der Waals surface area contributed by atoms with Gasteiger partial charge in [0.1, 0.15) is 11.2 Å². The van der Waals surface area contributed by atoms with Crippen molar-refractivity contribution in [1.29, 1.82) is 0 Å². The van der Waals surface area contributed by atoms with E-state index in [0.717, 1.165) is 15.3 Å². The lowest BCUT2D eigenvalue weighted by molar-refractivity contribution is -0.114. The summed E-state index contributed by atoms with van der Waals surface area (Å²) in [5, 5.41) is 4.44. The van der Waals surface area contributed by atoms with Crippen molar-refractivity contribution >= 4 is 50.6 Å². The minimum Gasteiger partial charge on any atom is -0.272 e. The molecular formula is C18H13N3O2S3. The number of aromatic nitrogens is 2. The van der Waals surface area contributed by atoms with Crippen molar-refractivity contribution in [1.82, 2.24) is 9.66 Å². The summed E-state index contributed by atoms with van der Waals surface area (Å²) in [6.45, 7) is 0. The van der Waals surface area contributed by atoms with Crippen LogP contribution in [0, 0.1) is 0 Å². The number of hydrogen-bond acceptors (Lipinski definition) is 6. The number of benzene rings is 1. The molecule has 4 aromatic rings. The Morgan fingerprint density at radius 3 is 2.77 bits per heavy atom. The Kier molecular flexibility index (Phi) is 4.87. The topological polar surface area (TPSA) is 64.0 Å². The number of nitrogens with one attached hydrogen (secondary N) is 1. The average molecular weight is 400 g/mol. The van der Waals surface area contributed by atoms with Crippen molar-refractivity contribution in [3.63, 3.8) is 0 Å². The van der Waals surface area contributed by atoms with Crippen LogP contribution in [0.1, 0.15) is 0 Å². The smallest absolute Gasteiger partial charge is 0.272 e. The predicted molar refractivity (Wildman–Crippen MR) is 109 cm³/mol. The van der Waals surface area contributed by atoms with Crippen molar-refractivity contribution in [2.24, 2.45) is 0 Å². The molecule has 0 bridgehead atoms. The van der Waals surface area contributed by atoms with Crippen molar-refractivity contribution in [3.05, 3.63) is 69.9 Å². The van der Waals surface area contributed by atoms with Gasteiger partial charge in [0.15, 0.2) is 0 Å². The van der Waals surface area contributed by atoms with Gasteiger partial charge in [-0.05, 0) is 23.6 Å². The highest BCUT2D eigenvalue weighted by atomic mass is 32.2. The Balaban J connectivity index is 1.57. The van der Waals surface area contributed by atoms with Gasteiger partial charge in [-0.2, -0.15) is 0 Å². The van der Waals surface area contributed by atoms with E-state index in [-0.39, 0.29) is 17.2 Å². The summed E-state index contributed by atoms with van der Waals surface area (Å²) in [6.07, 6.45) is 1.37. The minimum atomic E-state index is -0.266. The molecule has 1 aromatic carbocycles. The van der Waals surface area contributed by atoms with Crippen LogP contribution in [0.4, 0.5) is 0 Å². The molecule has 0 aliphatic carbocycles. The number of amides is 1. The molecule has 0 aliphatic rings. The number of thiophene rings is 2. The van der Waals surface area contributed by atoms with Gasteiger partial charge < -0.3 is 0 Å². The summed E-state index contributed by atoms with van der Waals surface area (Å²) in [7, 11) is 0. The molecule has 0 saturated heterocycles. The summed E-state index contributed by atoms with van der Waals surface area (Å²) in [6, 6.07) is 13.6. The SMILES string of the molecule is O=C(CSc1ccccc1)Nn1cnc2scc(-c3cccs3)c2c1=O. The first kappa shape index (κ1) is 17.0. The van der Waals surface area contributed by atoms with E-state index in [4.69, 9.17) is 0 Å². The van der Waals surface area contributed by atoms with Gasteiger partial charge in [0.05, 0.1) is 11.1 Å². The third kappa shape index (κ3) is 3.44. The molecule has 3 heterocycles. The van der Waals surface area contributed by atoms with Gasteiger partial charge >= 0.3 is 0 Å². The number of thioether (sulfide) groups is 1. The largest absolute Gasteiger partial charge is 0.281 e. The minimum absolute atomic E-state index is 0.218. The van der Waals surface area contributed by atoms with Crippen LogP contribution >= 0.6 is 34.4 Å². The Bertz CT molecular complexity index is 1100. The zero-order chi connectivity index (χ0) is 17.9. The molecule has 1 N–H and O–H groups in total. The number of fused-ring (bicyclic) bond motifs is 1. The maximum atomic E-state index is 12.8. The molecule has 0 spiro atoms. The standard InChI is InChI=1S/C18H13N3O2S3/c22-15(10-25-12-5-2-1-3-6-12)20-21-11-19-17-16(18(21)23)13(9-26-17)14-7-4-8-24-14/h1-9,11H,10H2,(H,20,22). The maximum absolute atomic E-state index is 12.8. The fourth-order valence-electron chi connectivity index (χ4n) is 2.46. The van der Waals surface area contributed by atoms with Gasteiger partial charge in [0.2, 0.25) is 5.91 Å². The van der Waals surface area contributed by atoms with E-state index < -0.39 is 0 Å². The molecule has 130 valence electrons. The van der Waals surface area contributed by atoms with E-state index in [1.165, 1.54) is 34.1 Å². The molecule has 0 saturated carbocycles. The van der Waals surface area contributed by atoms with Crippen LogP contribution in [0.2, 0.25) is 0 Å². The lowest BCUT2D eigenvalue weighted by Gasteiger charge is -2.08. The van der Waals surface area contributed by atoms with Crippen molar-refractivity contribution in [2.75, 3.05) is 11.2 Å². The fourth-order valence-corrected chi connectivity index (χ4v) is 4.89. The second kappa shape index (κ2) is 7.45. The summed E-state index contributed by atoms with van der Waals surface area (Å²) in [4.78, 5) is 32.0. The molecule has 26 heavy (non-hydrogen) atoms. The van der Waals surface area contributed by atoms with E-state index in [0.29, 0.717) is 10.2 Å². The molecule has 0 radical (unpaired) electrons. The summed E-state index contributed by atoms with van der Waals surface area (Å²) < 4.78 is 1.17. The van der Waals surface area contributed by atoms with Crippen LogP contribution < -0.4 is 11.0 Å². The first-order chi connectivity index (χ1) is 12.7. The van der Waals surface area contributed by atoms with Crippen molar-refractivity contribution in [3.8, 4) is 10.4 Å². The molecule has 0 fully saturated rings. The molecule has 5 nitrogen and oxygen atoms in total. The summed E-state index contributed by atoms with van der Waals surface area (Å²) in [5.41, 5.74) is 3.22. The van der Waals surface area contributed by atoms with Crippen LogP contribution in [0.25, 0.3) is 20.7 Å².